The zero-order valence-electron chi connectivity index (χ0n) is 16.5. The molecule has 156 valence electrons. The van der Waals surface area contributed by atoms with Gasteiger partial charge in [-0.2, -0.15) is 0 Å². The molecule has 6 nitrogen and oxygen atoms in total. The summed E-state index contributed by atoms with van der Waals surface area (Å²) < 4.78 is 6.06. The van der Waals surface area contributed by atoms with Crippen LogP contribution in [0.15, 0.2) is 24.3 Å². The lowest BCUT2D eigenvalue weighted by molar-refractivity contribution is -0.154. The molecule has 1 aromatic carbocycles. The Hall–Kier alpha value is -2.12. The van der Waals surface area contributed by atoms with Crippen LogP contribution in [-0.4, -0.2) is 36.5 Å². The molecule has 1 saturated carbocycles. The largest absolute Gasteiger partial charge is 0.451 e. The van der Waals surface area contributed by atoms with Crippen molar-refractivity contribution >= 4 is 50.8 Å². The van der Waals surface area contributed by atoms with Crippen LogP contribution in [0.3, 0.4) is 0 Å². The van der Waals surface area contributed by atoms with Crippen molar-refractivity contribution in [3.63, 3.8) is 0 Å². The maximum Gasteiger partial charge on any atom is 0.326 e. The van der Waals surface area contributed by atoms with Gasteiger partial charge >= 0.3 is 5.97 Å². The second kappa shape index (κ2) is 9.59. The minimum atomic E-state index is -0.915. The highest BCUT2D eigenvalue weighted by atomic mass is 35.5. The van der Waals surface area contributed by atoms with E-state index >= 15 is 0 Å². The molecule has 0 bridgehead atoms. The van der Waals surface area contributed by atoms with Crippen molar-refractivity contribution in [1.29, 1.82) is 0 Å². The highest BCUT2D eigenvalue weighted by Gasteiger charge is 2.26. The molecule has 1 aromatic heterocycles. The van der Waals surface area contributed by atoms with Crippen LogP contribution in [0.2, 0.25) is 5.02 Å². The fourth-order valence-electron chi connectivity index (χ4n) is 3.52. The molecule has 0 spiro atoms. The van der Waals surface area contributed by atoms with Gasteiger partial charge in [0.15, 0.2) is 6.10 Å². The van der Waals surface area contributed by atoms with Gasteiger partial charge in [-0.15, -0.1) is 11.3 Å². The Balaban J connectivity index is 1.49. The molecule has 8 heteroatoms. The number of hydrogen-bond donors (Lipinski definition) is 2. The van der Waals surface area contributed by atoms with Gasteiger partial charge in [0.25, 0.3) is 11.8 Å². The Morgan fingerprint density at radius 2 is 1.97 bits per heavy atom. The Kier molecular flexibility index (Phi) is 7.14. The molecule has 0 unspecified atom stereocenters. The number of halogens is 1. The smallest absolute Gasteiger partial charge is 0.326 e. The number of ether oxygens (including phenoxy) is 1. The van der Waals surface area contributed by atoms with E-state index in [0.717, 1.165) is 29.3 Å². The number of carbonyl (C=O) groups excluding carboxylic acids is 3. The molecule has 3 atom stereocenters. The summed E-state index contributed by atoms with van der Waals surface area (Å²) in [6.45, 7) is 3.32. The Labute approximate surface area is 178 Å². The normalized spacial score (nSPS) is 20.1. The molecule has 3 rings (SSSR count). The third kappa shape index (κ3) is 5.28. The monoisotopic (exact) mass is 436 g/mol. The van der Waals surface area contributed by atoms with E-state index in [1.165, 1.54) is 24.7 Å². The van der Waals surface area contributed by atoms with Crippen molar-refractivity contribution in [3.05, 3.63) is 34.2 Å². The third-order valence-corrected chi connectivity index (χ3v) is 6.93. The van der Waals surface area contributed by atoms with Crippen LogP contribution < -0.4 is 10.6 Å². The summed E-state index contributed by atoms with van der Waals surface area (Å²) in [6, 6.07) is 7.55. The first-order valence-corrected chi connectivity index (χ1v) is 11.0. The first-order chi connectivity index (χ1) is 13.9. The van der Waals surface area contributed by atoms with E-state index in [0.29, 0.717) is 15.8 Å². The molecule has 1 heterocycles. The summed E-state index contributed by atoms with van der Waals surface area (Å²) in [5, 5.41) is 6.65. The summed E-state index contributed by atoms with van der Waals surface area (Å²) in [5.74, 6) is -1.01. The first-order valence-electron chi connectivity index (χ1n) is 9.82. The van der Waals surface area contributed by atoms with Crippen molar-refractivity contribution in [1.82, 2.24) is 10.6 Å². The molecule has 2 amide bonds. The maximum absolute atomic E-state index is 12.4. The Morgan fingerprint density at radius 3 is 2.69 bits per heavy atom. The van der Waals surface area contributed by atoms with Crippen molar-refractivity contribution in [3.8, 4) is 0 Å². The number of thiophene rings is 1. The van der Waals surface area contributed by atoms with E-state index in [9.17, 15) is 14.4 Å². The van der Waals surface area contributed by atoms with Gasteiger partial charge in [-0.25, -0.2) is 0 Å². The number of nitrogens with one attached hydrogen (secondary N) is 2. The summed E-state index contributed by atoms with van der Waals surface area (Å²) in [5.41, 5.74) is 0. The van der Waals surface area contributed by atoms with Crippen LogP contribution in [0.4, 0.5) is 0 Å². The Morgan fingerprint density at radius 1 is 1.24 bits per heavy atom. The number of fused-ring (bicyclic) bond motifs is 1. The molecular formula is C21H25ClN2O4S. The van der Waals surface area contributed by atoms with Gasteiger partial charge in [0, 0.05) is 16.1 Å². The lowest BCUT2D eigenvalue weighted by Crippen LogP contribution is -2.46. The topological polar surface area (TPSA) is 84.5 Å². The number of esters is 1. The minimum Gasteiger partial charge on any atom is -0.451 e. The van der Waals surface area contributed by atoms with Gasteiger partial charge in [-0.05, 0) is 31.7 Å². The molecule has 29 heavy (non-hydrogen) atoms. The summed E-state index contributed by atoms with van der Waals surface area (Å²) in [6.07, 6.45) is 3.39. The highest BCUT2D eigenvalue weighted by molar-refractivity contribution is 7.21. The maximum atomic E-state index is 12.4. The van der Waals surface area contributed by atoms with Crippen LogP contribution in [0.25, 0.3) is 10.1 Å². The van der Waals surface area contributed by atoms with Crippen LogP contribution in [-0.2, 0) is 14.3 Å². The van der Waals surface area contributed by atoms with E-state index in [1.54, 1.807) is 0 Å². The lowest BCUT2D eigenvalue weighted by Gasteiger charge is -2.30. The predicted molar refractivity (Wildman–Crippen MR) is 114 cm³/mol. The number of rotatable bonds is 6. The fraction of sp³-hybridized carbons (Fsp3) is 0.476. The molecule has 1 fully saturated rings. The van der Waals surface area contributed by atoms with Crippen LogP contribution in [0.5, 0.6) is 0 Å². The average Bonchev–Trinajstić information content (AvgIpc) is 3.05. The summed E-state index contributed by atoms with van der Waals surface area (Å²) >= 11 is 7.54. The number of hydrogen-bond acceptors (Lipinski definition) is 5. The van der Waals surface area contributed by atoms with Crippen LogP contribution >= 0.6 is 22.9 Å². The molecule has 0 radical (unpaired) electrons. The highest BCUT2D eigenvalue weighted by Crippen LogP contribution is 2.34. The predicted octanol–water partition coefficient (Wildman–Crippen LogP) is 3.91. The minimum absolute atomic E-state index is 0.118. The fourth-order valence-corrected chi connectivity index (χ4v) is 4.95. The first kappa shape index (κ1) is 21.6. The molecular weight excluding hydrogens is 412 g/mol. The second-order valence-electron chi connectivity index (χ2n) is 7.43. The van der Waals surface area contributed by atoms with E-state index in [4.69, 9.17) is 16.3 Å². The number of carbonyl (C=O) groups is 3. The lowest BCUT2D eigenvalue weighted by atomic mass is 9.86. The van der Waals surface area contributed by atoms with Gasteiger partial charge in [0.2, 0.25) is 0 Å². The van der Waals surface area contributed by atoms with Crippen molar-refractivity contribution in [2.24, 2.45) is 5.92 Å². The molecule has 2 aromatic rings. The van der Waals surface area contributed by atoms with Crippen molar-refractivity contribution in [2.45, 2.75) is 51.7 Å². The van der Waals surface area contributed by atoms with Gasteiger partial charge < -0.3 is 15.4 Å². The average molecular weight is 437 g/mol. The van der Waals surface area contributed by atoms with Crippen molar-refractivity contribution in [2.75, 3.05) is 6.54 Å². The molecule has 0 saturated heterocycles. The van der Waals surface area contributed by atoms with Gasteiger partial charge in [-0.3, -0.25) is 14.4 Å². The third-order valence-electron chi connectivity index (χ3n) is 5.25. The van der Waals surface area contributed by atoms with E-state index in [2.05, 4.69) is 17.6 Å². The molecule has 1 aliphatic rings. The van der Waals surface area contributed by atoms with E-state index < -0.39 is 18.0 Å². The quantitative estimate of drug-likeness (QED) is 0.672. The van der Waals surface area contributed by atoms with Crippen LogP contribution in [0.1, 0.15) is 49.2 Å². The number of amides is 2. The van der Waals surface area contributed by atoms with Crippen molar-refractivity contribution < 1.29 is 19.1 Å². The SMILES string of the molecule is C[C@H](OC(=O)CNC(=O)c1sc2ccccc2c1Cl)C(=O)N[C@@H]1CCCC[C@H]1C. The molecule has 1 aliphatic carbocycles. The zero-order valence-corrected chi connectivity index (χ0v) is 18.1. The zero-order chi connectivity index (χ0) is 21.0. The Bertz CT molecular complexity index is 913. The molecule has 0 aliphatic heterocycles. The van der Waals surface area contributed by atoms with E-state index in [-0.39, 0.29) is 18.5 Å². The number of benzene rings is 1. The van der Waals surface area contributed by atoms with Gasteiger partial charge in [-0.1, -0.05) is 49.6 Å². The van der Waals surface area contributed by atoms with Crippen LogP contribution in [0, 0.1) is 5.92 Å². The summed E-state index contributed by atoms with van der Waals surface area (Å²) in [4.78, 5) is 37.1. The molecule has 2 N–H and O–H groups in total. The van der Waals surface area contributed by atoms with E-state index in [1.807, 2.05) is 24.3 Å². The van der Waals surface area contributed by atoms with Gasteiger partial charge in [0.1, 0.15) is 11.4 Å². The summed E-state index contributed by atoms with van der Waals surface area (Å²) in [7, 11) is 0. The van der Waals surface area contributed by atoms with Gasteiger partial charge in [0.05, 0.1) is 5.02 Å². The standard InChI is InChI=1S/C21H25ClN2O4S/c1-12-7-3-5-9-15(12)24-20(26)13(2)28-17(25)11-23-21(27)19-18(22)14-8-4-6-10-16(14)29-19/h4,6,8,10,12-13,15H,3,5,7,9,11H2,1-2H3,(H,23,27)(H,24,26)/t12-,13+,15-/m1/s1. The second-order valence-corrected chi connectivity index (χ2v) is 8.86.